The van der Waals surface area contributed by atoms with Crippen LogP contribution in [0.5, 0.6) is 5.75 Å². The highest BCUT2D eigenvalue weighted by Gasteiger charge is 2.28. The molecule has 0 fully saturated rings. The molecule has 0 amide bonds. The maximum atomic E-state index is 6.36. The molecular formula is C24H24Cl4N2O. The van der Waals surface area contributed by atoms with Gasteiger partial charge in [0, 0.05) is 36.9 Å². The minimum absolute atomic E-state index is 0. The van der Waals surface area contributed by atoms with Crippen LogP contribution in [0.15, 0.2) is 65.9 Å². The maximum Gasteiger partial charge on any atom is 0.119 e. The first-order chi connectivity index (χ1) is 14.1. The summed E-state index contributed by atoms with van der Waals surface area (Å²) in [5.41, 5.74) is 5.70. The number of aliphatic imine (C=N–C) groups is 1. The molecule has 0 radical (unpaired) electrons. The fourth-order valence-corrected chi connectivity index (χ4v) is 4.41. The van der Waals surface area contributed by atoms with Gasteiger partial charge in [-0.15, -0.1) is 24.8 Å². The monoisotopic (exact) mass is 496 g/mol. The van der Waals surface area contributed by atoms with Crippen molar-refractivity contribution < 1.29 is 4.74 Å². The standard InChI is InChI=1S/C24H22Cl2N2O.2ClH/c1-15(16-6-4-3-5-7-16)24-20-12-19(29-2)9-8-17(20)10-18(28-24)11-21-22(25)13-27-14-23(21)26;;/h3-9,12-15,24H,10-11H2,1-2H3;2*1H. The van der Waals surface area contributed by atoms with Crippen molar-refractivity contribution in [1.82, 2.24) is 4.98 Å². The molecule has 1 aromatic heterocycles. The van der Waals surface area contributed by atoms with Crippen LogP contribution >= 0.6 is 48.0 Å². The summed E-state index contributed by atoms with van der Waals surface area (Å²) in [4.78, 5) is 9.23. The average molecular weight is 498 g/mol. The first-order valence-electron chi connectivity index (χ1n) is 9.62. The molecule has 3 nitrogen and oxygen atoms in total. The first kappa shape index (κ1) is 25.5. The van der Waals surface area contributed by atoms with Gasteiger partial charge in [-0.2, -0.15) is 0 Å². The zero-order chi connectivity index (χ0) is 20.4. The highest BCUT2D eigenvalue weighted by molar-refractivity contribution is 6.36. The molecule has 0 N–H and O–H groups in total. The van der Waals surface area contributed by atoms with E-state index in [9.17, 15) is 0 Å². The SMILES string of the molecule is COc1ccc2c(c1)C(C(C)c1ccccc1)N=C(Cc1c(Cl)cncc1Cl)C2.Cl.Cl. The summed E-state index contributed by atoms with van der Waals surface area (Å²) in [6, 6.07) is 16.8. The van der Waals surface area contributed by atoms with Crippen LogP contribution in [-0.2, 0) is 12.8 Å². The lowest BCUT2D eigenvalue weighted by Gasteiger charge is -2.29. The van der Waals surface area contributed by atoms with Gasteiger partial charge in [-0.1, -0.05) is 66.5 Å². The molecule has 0 saturated heterocycles. The largest absolute Gasteiger partial charge is 0.497 e. The number of hydrogen-bond acceptors (Lipinski definition) is 3. The second kappa shape index (κ2) is 11.2. The van der Waals surface area contributed by atoms with E-state index < -0.39 is 0 Å². The van der Waals surface area contributed by atoms with Crippen LogP contribution in [0.2, 0.25) is 10.0 Å². The Morgan fingerprint density at radius 2 is 1.71 bits per heavy atom. The Kier molecular flexibility index (Phi) is 9.20. The van der Waals surface area contributed by atoms with Crippen LogP contribution in [0.1, 0.15) is 41.1 Å². The molecule has 2 atom stereocenters. The number of pyridine rings is 1. The molecule has 2 unspecified atom stereocenters. The van der Waals surface area contributed by atoms with Crippen molar-refractivity contribution >= 4 is 53.7 Å². The molecule has 0 bridgehead atoms. The Morgan fingerprint density at radius 1 is 1.03 bits per heavy atom. The summed E-state index contributed by atoms with van der Waals surface area (Å²) < 4.78 is 5.48. The van der Waals surface area contributed by atoms with E-state index in [1.54, 1.807) is 19.5 Å². The third kappa shape index (κ3) is 5.53. The lowest BCUT2D eigenvalue weighted by Crippen LogP contribution is -2.21. The van der Waals surface area contributed by atoms with Gasteiger partial charge in [-0.05, 0) is 34.4 Å². The summed E-state index contributed by atoms with van der Waals surface area (Å²) in [5, 5.41) is 1.15. The van der Waals surface area contributed by atoms with E-state index in [0.717, 1.165) is 23.4 Å². The lowest BCUT2D eigenvalue weighted by atomic mass is 9.82. The fraction of sp³-hybridized carbons (Fsp3) is 0.250. The molecule has 4 rings (SSSR count). The van der Waals surface area contributed by atoms with Crippen molar-refractivity contribution in [2.24, 2.45) is 4.99 Å². The van der Waals surface area contributed by atoms with Gasteiger partial charge in [-0.3, -0.25) is 9.98 Å². The van der Waals surface area contributed by atoms with Crippen molar-refractivity contribution in [2.45, 2.75) is 31.7 Å². The fourth-order valence-electron chi connectivity index (χ4n) is 3.91. The zero-order valence-corrected chi connectivity index (χ0v) is 20.4. The van der Waals surface area contributed by atoms with E-state index in [0.29, 0.717) is 16.5 Å². The van der Waals surface area contributed by atoms with E-state index in [4.69, 9.17) is 32.9 Å². The summed E-state index contributed by atoms with van der Waals surface area (Å²) in [7, 11) is 1.70. The van der Waals surface area contributed by atoms with E-state index in [1.165, 1.54) is 16.7 Å². The van der Waals surface area contributed by atoms with E-state index >= 15 is 0 Å². The third-order valence-corrected chi connectivity index (χ3v) is 6.17. The van der Waals surface area contributed by atoms with Crippen LogP contribution in [0.4, 0.5) is 0 Å². The molecule has 1 aliphatic rings. The minimum Gasteiger partial charge on any atom is -0.497 e. The Labute approximate surface area is 205 Å². The number of methoxy groups -OCH3 is 1. The molecule has 3 aromatic rings. The maximum absolute atomic E-state index is 6.36. The number of benzene rings is 2. The number of hydrogen-bond donors (Lipinski definition) is 0. The number of aromatic nitrogens is 1. The quantitative estimate of drug-likeness (QED) is 0.369. The molecule has 2 aromatic carbocycles. The van der Waals surface area contributed by atoms with Crippen molar-refractivity contribution in [2.75, 3.05) is 7.11 Å². The lowest BCUT2D eigenvalue weighted by molar-refractivity contribution is 0.413. The predicted octanol–water partition coefficient (Wildman–Crippen LogP) is 7.33. The number of nitrogens with zero attached hydrogens (tertiary/aromatic N) is 2. The Balaban J connectivity index is 0.00000171. The summed E-state index contributed by atoms with van der Waals surface area (Å²) in [6.45, 7) is 2.22. The number of halogens is 4. The van der Waals surface area contributed by atoms with Crippen molar-refractivity contribution in [3.05, 3.63) is 93.2 Å². The molecule has 0 spiro atoms. The van der Waals surface area contributed by atoms with Crippen LogP contribution in [0.25, 0.3) is 0 Å². The van der Waals surface area contributed by atoms with Crippen LogP contribution in [0.3, 0.4) is 0 Å². The zero-order valence-electron chi connectivity index (χ0n) is 17.2. The Morgan fingerprint density at radius 3 is 2.35 bits per heavy atom. The van der Waals surface area contributed by atoms with Crippen molar-refractivity contribution in [3.8, 4) is 5.75 Å². The first-order valence-corrected chi connectivity index (χ1v) is 10.4. The summed E-state index contributed by atoms with van der Waals surface area (Å²) in [6.07, 6.45) is 4.65. The molecular weight excluding hydrogens is 474 g/mol. The van der Waals surface area contributed by atoms with Gasteiger partial charge in [0.2, 0.25) is 0 Å². The predicted molar refractivity (Wildman–Crippen MR) is 134 cm³/mol. The smallest absolute Gasteiger partial charge is 0.119 e. The van der Waals surface area contributed by atoms with Gasteiger partial charge >= 0.3 is 0 Å². The van der Waals surface area contributed by atoms with Gasteiger partial charge in [0.05, 0.1) is 23.2 Å². The Bertz CT molecular complexity index is 1040. The number of rotatable bonds is 5. The van der Waals surface area contributed by atoms with Gasteiger partial charge in [-0.25, -0.2) is 0 Å². The molecule has 0 aliphatic carbocycles. The molecule has 7 heteroatoms. The molecule has 31 heavy (non-hydrogen) atoms. The number of fused-ring (bicyclic) bond motifs is 1. The van der Waals surface area contributed by atoms with E-state index in [2.05, 4.69) is 48.3 Å². The van der Waals surface area contributed by atoms with E-state index in [-0.39, 0.29) is 36.8 Å². The average Bonchev–Trinajstić information content (AvgIpc) is 2.75. The summed E-state index contributed by atoms with van der Waals surface area (Å²) in [5.74, 6) is 1.08. The second-order valence-electron chi connectivity index (χ2n) is 7.34. The number of ether oxygens (including phenoxy) is 1. The molecule has 164 valence electrons. The van der Waals surface area contributed by atoms with E-state index in [1.807, 2.05) is 12.1 Å². The molecule has 0 saturated carbocycles. The highest BCUT2D eigenvalue weighted by atomic mass is 35.5. The van der Waals surface area contributed by atoms with Gasteiger partial charge in [0.25, 0.3) is 0 Å². The van der Waals surface area contributed by atoms with Crippen LogP contribution in [-0.4, -0.2) is 17.8 Å². The second-order valence-corrected chi connectivity index (χ2v) is 8.15. The Hall–Kier alpha value is -1.78. The van der Waals surface area contributed by atoms with Gasteiger partial charge in [0.1, 0.15) is 5.75 Å². The molecule has 2 heterocycles. The van der Waals surface area contributed by atoms with Crippen molar-refractivity contribution in [3.63, 3.8) is 0 Å². The summed E-state index contributed by atoms with van der Waals surface area (Å²) >= 11 is 12.7. The van der Waals surface area contributed by atoms with Crippen LogP contribution in [0, 0.1) is 0 Å². The minimum atomic E-state index is 0. The van der Waals surface area contributed by atoms with Crippen LogP contribution < -0.4 is 4.74 Å². The topological polar surface area (TPSA) is 34.5 Å². The molecule has 1 aliphatic heterocycles. The third-order valence-electron chi connectivity index (χ3n) is 5.52. The van der Waals surface area contributed by atoms with Gasteiger partial charge < -0.3 is 4.74 Å². The normalized spacial score (nSPS) is 15.6. The highest BCUT2D eigenvalue weighted by Crippen LogP contribution is 2.40. The van der Waals surface area contributed by atoms with Crippen molar-refractivity contribution in [1.29, 1.82) is 0 Å². The van der Waals surface area contributed by atoms with Gasteiger partial charge in [0.15, 0.2) is 0 Å².